The summed E-state index contributed by atoms with van der Waals surface area (Å²) in [5.74, 6) is 0.534. The van der Waals surface area contributed by atoms with Crippen molar-refractivity contribution in [3.8, 4) is 0 Å². The zero-order chi connectivity index (χ0) is 14.4. The predicted octanol–water partition coefficient (Wildman–Crippen LogP) is 3.71. The van der Waals surface area contributed by atoms with Crippen LogP contribution in [-0.4, -0.2) is 11.7 Å². The molecule has 3 nitrogen and oxygen atoms in total. The summed E-state index contributed by atoms with van der Waals surface area (Å²) in [6, 6.07) is 17.7. The Balaban J connectivity index is 2.32. The van der Waals surface area contributed by atoms with Crippen LogP contribution in [0.3, 0.4) is 0 Å². The molecule has 0 aliphatic carbocycles. The number of nitrogens with one attached hydrogen (secondary N) is 1. The molecule has 0 saturated heterocycles. The zero-order valence-corrected chi connectivity index (χ0v) is 12.2. The lowest BCUT2D eigenvalue weighted by Gasteiger charge is -2.18. The first-order valence-corrected chi connectivity index (χ1v) is 7.59. The maximum atomic E-state index is 11.7. The fourth-order valence-corrected chi connectivity index (χ4v) is 2.89. The molecular formula is C16H18N2OS. The van der Waals surface area contributed by atoms with Crippen molar-refractivity contribution >= 4 is 29.0 Å². The number of carbonyl (C=O) groups is 1. The van der Waals surface area contributed by atoms with Gasteiger partial charge in [0.15, 0.2) is 0 Å². The van der Waals surface area contributed by atoms with Crippen molar-refractivity contribution in [3.63, 3.8) is 0 Å². The van der Waals surface area contributed by atoms with E-state index in [-0.39, 0.29) is 11.2 Å². The van der Waals surface area contributed by atoms with Gasteiger partial charge in [0.05, 0.1) is 0 Å². The Morgan fingerprint density at radius 1 is 1.15 bits per heavy atom. The standard InChI is InChI=1S/C16H18N2OS/c1-2-20-15(16(17)19)13-10-6-7-11-14(13)18-12-8-4-3-5-9-12/h3-11,15,18H,2H2,1H3,(H2,17,19). The quantitative estimate of drug-likeness (QED) is 0.851. The molecule has 0 spiro atoms. The van der Waals surface area contributed by atoms with Gasteiger partial charge >= 0.3 is 0 Å². The third kappa shape index (κ3) is 3.54. The van der Waals surface area contributed by atoms with Gasteiger partial charge < -0.3 is 11.1 Å². The molecule has 104 valence electrons. The SMILES string of the molecule is CCSC(C(N)=O)c1ccccc1Nc1ccccc1. The predicted molar refractivity (Wildman–Crippen MR) is 86.2 cm³/mol. The molecule has 0 bridgehead atoms. The van der Waals surface area contributed by atoms with Gasteiger partial charge in [-0.3, -0.25) is 4.79 Å². The normalized spacial score (nSPS) is 11.8. The number of hydrogen-bond acceptors (Lipinski definition) is 3. The third-order valence-electron chi connectivity index (χ3n) is 2.89. The molecule has 2 aromatic rings. The number of primary amides is 1. The largest absolute Gasteiger partial charge is 0.368 e. The van der Waals surface area contributed by atoms with Crippen molar-refractivity contribution in [2.75, 3.05) is 11.1 Å². The Kier molecular flexibility index (Phi) is 5.07. The summed E-state index contributed by atoms with van der Waals surface area (Å²) >= 11 is 1.55. The molecule has 0 heterocycles. The highest BCUT2D eigenvalue weighted by molar-refractivity contribution is 8.00. The summed E-state index contributed by atoms with van der Waals surface area (Å²) in [6.07, 6.45) is 0. The maximum absolute atomic E-state index is 11.7. The minimum absolute atomic E-state index is 0.306. The Morgan fingerprint density at radius 3 is 2.45 bits per heavy atom. The van der Waals surface area contributed by atoms with E-state index in [0.717, 1.165) is 22.7 Å². The second-order valence-corrected chi connectivity index (χ2v) is 5.70. The number of nitrogens with two attached hydrogens (primary N) is 1. The third-order valence-corrected chi connectivity index (χ3v) is 4.04. The van der Waals surface area contributed by atoms with E-state index in [1.54, 1.807) is 11.8 Å². The van der Waals surface area contributed by atoms with Gasteiger partial charge in [-0.1, -0.05) is 43.3 Å². The first kappa shape index (κ1) is 14.5. The van der Waals surface area contributed by atoms with Crippen molar-refractivity contribution in [1.82, 2.24) is 0 Å². The van der Waals surface area contributed by atoms with Gasteiger partial charge in [0.1, 0.15) is 5.25 Å². The van der Waals surface area contributed by atoms with E-state index < -0.39 is 0 Å². The van der Waals surface area contributed by atoms with Crippen LogP contribution in [0.5, 0.6) is 0 Å². The van der Waals surface area contributed by atoms with Crippen LogP contribution in [0.4, 0.5) is 11.4 Å². The highest BCUT2D eigenvalue weighted by Crippen LogP contribution is 2.34. The van der Waals surface area contributed by atoms with Crippen molar-refractivity contribution in [1.29, 1.82) is 0 Å². The van der Waals surface area contributed by atoms with Crippen LogP contribution in [0.15, 0.2) is 54.6 Å². The van der Waals surface area contributed by atoms with Crippen molar-refractivity contribution < 1.29 is 4.79 Å². The second-order valence-electron chi connectivity index (χ2n) is 4.32. The minimum atomic E-state index is -0.326. The molecule has 3 N–H and O–H groups in total. The Bertz CT molecular complexity index is 572. The molecule has 20 heavy (non-hydrogen) atoms. The average molecular weight is 286 g/mol. The van der Waals surface area contributed by atoms with Crippen LogP contribution in [0, 0.1) is 0 Å². The van der Waals surface area contributed by atoms with Crippen LogP contribution in [-0.2, 0) is 4.79 Å². The highest BCUT2D eigenvalue weighted by Gasteiger charge is 2.20. The van der Waals surface area contributed by atoms with Crippen molar-refractivity contribution in [2.24, 2.45) is 5.73 Å². The second kappa shape index (κ2) is 7.01. The lowest BCUT2D eigenvalue weighted by Crippen LogP contribution is -2.20. The summed E-state index contributed by atoms with van der Waals surface area (Å²) < 4.78 is 0. The number of anilines is 2. The molecule has 1 unspecified atom stereocenters. The van der Waals surface area contributed by atoms with E-state index >= 15 is 0 Å². The average Bonchev–Trinajstić information content (AvgIpc) is 2.46. The van der Waals surface area contributed by atoms with Gasteiger partial charge in [0, 0.05) is 11.4 Å². The maximum Gasteiger partial charge on any atom is 0.235 e. The summed E-state index contributed by atoms with van der Waals surface area (Å²) in [5, 5.41) is 3.02. The van der Waals surface area contributed by atoms with Gasteiger partial charge in [-0.25, -0.2) is 0 Å². The molecule has 1 atom stereocenters. The summed E-state index contributed by atoms with van der Waals surface area (Å²) in [4.78, 5) is 11.7. The lowest BCUT2D eigenvalue weighted by atomic mass is 10.1. The molecular weight excluding hydrogens is 268 g/mol. The van der Waals surface area contributed by atoms with Gasteiger partial charge in [-0.05, 0) is 29.5 Å². The van der Waals surface area contributed by atoms with Crippen LogP contribution in [0.2, 0.25) is 0 Å². The molecule has 1 amide bonds. The fourth-order valence-electron chi connectivity index (χ4n) is 2.01. The zero-order valence-electron chi connectivity index (χ0n) is 11.4. The highest BCUT2D eigenvalue weighted by atomic mass is 32.2. The molecule has 0 aliphatic rings. The Hall–Kier alpha value is -1.94. The summed E-state index contributed by atoms with van der Waals surface area (Å²) in [5.41, 5.74) is 8.37. The number of benzene rings is 2. The first-order valence-electron chi connectivity index (χ1n) is 6.54. The van der Waals surface area contributed by atoms with Crippen LogP contribution in [0.25, 0.3) is 0 Å². The number of amides is 1. The molecule has 4 heteroatoms. The molecule has 0 radical (unpaired) electrons. The van der Waals surface area contributed by atoms with Gasteiger partial charge in [-0.15, -0.1) is 11.8 Å². The van der Waals surface area contributed by atoms with Crippen LogP contribution in [0.1, 0.15) is 17.7 Å². The monoisotopic (exact) mass is 286 g/mol. The van der Waals surface area contributed by atoms with E-state index in [9.17, 15) is 4.79 Å². The van der Waals surface area contributed by atoms with E-state index in [1.807, 2.05) is 61.5 Å². The summed E-state index contributed by atoms with van der Waals surface area (Å²) in [7, 11) is 0. The molecule has 2 aromatic carbocycles. The van der Waals surface area contributed by atoms with Gasteiger partial charge in [-0.2, -0.15) is 0 Å². The number of rotatable bonds is 6. The smallest absolute Gasteiger partial charge is 0.235 e. The van der Waals surface area contributed by atoms with Gasteiger partial charge in [0.25, 0.3) is 0 Å². The Labute approximate surface area is 123 Å². The van der Waals surface area contributed by atoms with Crippen molar-refractivity contribution in [2.45, 2.75) is 12.2 Å². The number of thioether (sulfide) groups is 1. The number of carbonyl (C=O) groups excluding carboxylic acids is 1. The van der Waals surface area contributed by atoms with Crippen LogP contribution < -0.4 is 11.1 Å². The van der Waals surface area contributed by atoms with E-state index in [4.69, 9.17) is 5.73 Å². The van der Waals surface area contributed by atoms with E-state index in [1.165, 1.54) is 0 Å². The number of para-hydroxylation sites is 2. The minimum Gasteiger partial charge on any atom is -0.368 e. The molecule has 0 aromatic heterocycles. The van der Waals surface area contributed by atoms with Crippen LogP contribution >= 0.6 is 11.8 Å². The summed E-state index contributed by atoms with van der Waals surface area (Å²) in [6.45, 7) is 2.02. The fraction of sp³-hybridized carbons (Fsp3) is 0.188. The molecule has 0 aliphatic heterocycles. The Morgan fingerprint density at radius 2 is 1.80 bits per heavy atom. The van der Waals surface area contributed by atoms with E-state index in [2.05, 4.69) is 5.32 Å². The first-order chi connectivity index (χ1) is 9.72. The topological polar surface area (TPSA) is 55.1 Å². The molecule has 0 saturated carbocycles. The van der Waals surface area contributed by atoms with Crippen molar-refractivity contribution in [3.05, 3.63) is 60.2 Å². The van der Waals surface area contributed by atoms with E-state index in [0.29, 0.717) is 0 Å². The lowest BCUT2D eigenvalue weighted by molar-refractivity contribution is -0.117. The van der Waals surface area contributed by atoms with Gasteiger partial charge in [0.2, 0.25) is 5.91 Å². The molecule has 2 rings (SSSR count). The molecule has 0 fully saturated rings. The number of hydrogen-bond donors (Lipinski definition) is 2.